The van der Waals surface area contributed by atoms with Crippen LogP contribution in [0.5, 0.6) is 0 Å². The second-order valence-corrected chi connectivity index (χ2v) is 5.77. The molecular formula is C16H15FN4O. The number of hydrogen-bond acceptors (Lipinski definition) is 4. The van der Waals surface area contributed by atoms with Crippen molar-refractivity contribution >= 4 is 17.5 Å². The normalized spacial score (nSPS) is 19.1. The second-order valence-electron chi connectivity index (χ2n) is 5.77. The molecule has 1 fully saturated rings. The number of carbonyl (C=O) groups excluding carboxylic acids is 1. The summed E-state index contributed by atoms with van der Waals surface area (Å²) in [6.45, 7) is 1.35. The van der Waals surface area contributed by atoms with Crippen LogP contribution in [-0.4, -0.2) is 29.0 Å². The first-order valence-corrected chi connectivity index (χ1v) is 7.32. The molecule has 1 N–H and O–H groups in total. The molecule has 0 saturated carbocycles. The molecular weight excluding hydrogens is 283 g/mol. The van der Waals surface area contributed by atoms with E-state index in [4.69, 9.17) is 0 Å². The molecule has 2 aliphatic heterocycles. The highest BCUT2D eigenvalue weighted by Gasteiger charge is 2.48. The average molecular weight is 298 g/mol. The van der Waals surface area contributed by atoms with Gasteiger partial charge in [-0.25, -0.2) is 14.4 Å². The number of rotatable bonds is 1. The van der Waals surface area contributed by atoms with E-state index in [1.165, 1.54) is 12.4 Å². The zero-order valence-corrected chi connectivity index (χ0v) is 11.9. The van der Waals surface area contributed by atoms with Crippen molar-refractivity contribution in [3.8, 4) is 0 Å². The fraction of sp³-hybridized carbons (Fsp3) is 0.312. The average Bonchev–Trinajstić information content (AvgIpc) is 2.82. The largest absolute Gasteiger partial charge is 0.341 e. The Labute approximate surface area is 127 Å². The van der Waals surface area contributed by atoms with Gasteiger partial charge >= 0.3 is 0 Å². The Morgan fingerprint density at radius 2 is 1.82 bits per heavy atom. The maximum atomic E-state index is 12.9. The molecule has 22 heavy (non-hydrogen) atoms. The minimum Gasteiger partial charge on any atom is -0.341 e. The Morgan fingerprint density at radius 3 is 2.55 bits per heavy atom. The number of amides is 1. The van der Waals surface area contributed by atoms with Crippen LogP contribution >= 0.6 is 0 Å². The van der Waals surface area contributed by atoms with Crippen LogP contribution in [0.2, 0.25) is 0 Å². The number of piperidine rings is 1. The Morgan fingerprint density at radius 1 is 1.14 bits per heavy atom. The highest BCUT2D eigenvalue weighted by atomic mass is 19.1. The van der Waals surface area contributed by atoms with E-state index in [1.807, 2.05) is 29.2 Å². The van der Waals surface area contributed by atoms with Crippen molar-refractivity contribution < 1.29 is 9.18 Å². The molecule has 2 aliphatic rings. The molecule has 4 rings (SSSR count). The molecule has 1 aromatic heterocycles. The molecule has 2 aromatic rings. The van der Waals surface area contributed by atoms with Gasteiger partial charge in [-0.05, 0) is 24.5 Å². The van der Waals surface area contributed by atoms with Crippen molar-refractivity contribution in [2.45, 2.75) is 18.3 Å². The highest BCUT2D eigenvalue weighted by Crippen LogP contribution is 2.44. The molecule has 0 atom stereocenters. The van der Waals surface area contributed by atoms with Gasteiger partial charge in [0.15, 0.2) is 5.82 Å². The first-order chi connectivity index (χ1) is 10.7. The van der Waals surface area contributed by atoms with Gasteiger partial charge < -0.3 is 10.2 Å². The van der Waals surface area contributed by atoms with E-state index in [-0.39, 0.29) is 5.91 Å². The number of nitrogens with zero attached hydrogens (tertiary/aromatic N) is 3. The fourth-order valence-corrected chi connectivity index (χ4v) is 3.43. The van der Waals surface area contributed by atoms with Gasteiger partial charge in [0.25, 0.3) is 0 Å². The third-order valence-corrected chi connectivity index (χ3v) is 4.63. The first-order valence-electron chi connectivity index (χ1n) is 7.32. The van der Waals surface area contributed by atoms with Gasteiger partial charge in [-0.1, -0.05) is 18.2 Å². The van der Waals surface area contributed by atoms with Crippen molar-refractivity contribution in [2.24, 2.45) is 0 Å². The van der Waals surface area contributed by atoms with E-state index in [9.17, 15) is 9.18 Å². The summed E-state index contributed by atoms with van der Waals surface area (Å²) in [5.41, 5.74) is 1.55. The monoisotopic (exact) mass is 298 g/mol. The molecule has 1 spiro atoms. The zero-order chi connectivity index (χ0) is 15.2. The molecule has 0 unspecified atom stereocenters. The summed E-state index contributed by atoms with van der Waals surface area (Å²) in [5.74, 6) is 0.151. The number of aromatic nitrogens is 2. The van der Waals surface area contributed by atoms with Gasteiger partial charge in [-0.3, -0.25) is 4.79 Å². The minimum absolute atomic E-state index is 0.0772. The van der Waals surface area contributed by atoms with Gasteiger partial charge in [-0.2, -0.15) is 0 Å². The molecule has 0 bridgehead atoms. The molecule has 3 heterocycles. The Bertz CT molecular complexity index is 723. The zero-order valence-electron chi connectivity index (χ0n) is 11.9. The van der Waals surface area contributed by atoms with E-state index in [2.05, 4.69) is 15.3 Å². The van der Waals surface area contributed by atoms with E-state index >= 15 is 0 Å². The summed E-state index contributed by atoms with van der Waals surface area (Å²) in [7, 11) is 0. The van der Waals surface area contributed by atoms with Crippen LogP contribution in [0.15, 0.2) is 36.7 Å². The molecule has 112 valence electrons. The minimum atomic E-state index is -0.451. The number of halogens is 1. The Balaban J connectivity index is 1.59. The maximum absolute atomic E-state index is 12.9. The van der Waals surface area contributed by atoms with Crippen LogP contribution in [0, 0.1) is 5.82 Å². The van der Waals surface area contributed by atoms with Crippen LogP contribution < -0.4 is 10.2 Å². The predicted molar refractivity (Wildman–Crippen MR) is 80.2 cm³/mol. The number of hydrogen-bond donors (Lipinski definition) is 1. The predicted octanol–water partition coefficient (Wildman–Crippen LogP) is 2.11. The summed E-state index contributed by atoms with van der Waals surface area (Å²) in [6.07, 6.45) is 3.75. The van der Waals surface area contributed by atoms with Crippen LogP contribution in [0.25, 0.3) is 0 Å². The summed E-state index contributed by atoms with van der Waals surface area (Å²) < 4.78 is 12.9. The van der Waals surface area contributed by atoms with Crippen LogP contribution in [-0.2, 0) is 10.2 Å². The summed E-state index contributed by atoms with van der Waals surface area (Å²) in [5, 5.41) is 2.98. The molecule has 1 aromatic carbocycles. The standard InChI is InChI=1S/C16H15FN4O/c17-11-9-18-15(19-10-11)21-7-5-16(6-8-21)12-3-1-2-4-13(12)20-14(16)22/h1-4,9-10H,5-8H2,(H,20,22). The number of benzene rings is 1. The van der Waals surface area contributed by atoms with Crippen molar-refractivity contribution in [3.63, 3.8) is 0 Å². The smallest absolute Gasteiger partial charge is 0.235 e. The van der Waals surface area contributed by atoms with Crippen molar-refractivity contribution in [1.82, 2.24) is 9.97 Å². The first kappa shape index (κ1) is 13.2. The molecule has 1 amide bonds. The number of para-hydroxylation sites is 1. The molecule has 0 radical (unpaired) electrons. The van der Waals surface area contributed by atoms with E-state index in [0.717, 1.165) is 11.3 Å². The lowest BCUT2D eigenvalue weighted by Crippen LogP contribution is -2.47. The van der Waals surface area contributed by atoms with Gasteiger partial charge in [0, 0.05) is 18.8 Å². The van der Waals surface area contributed by atoms with Gasteiger partial charge in [0.1, 0.15) is 0 Å². The number of carbonyl (C=O) groups is 1. The summed E-state index contributed by atoms with van der Waals surface area (Å²) >= 11 is 0. The SMILES string of the molecule is O=C1Nc2ccccc2C12CCN(c1ncc(F)cn1)CC2. The van der Waals surface area contributed by atoms with Crippen molar-refractivity contribution in [2.75, 3.05) is 23.3 Å². The van der Waals surface area contributed by atoms with Crippen LogP contribution in [0.1, 0.15) is 18.4 Å². The third kappa shape index (κ3) is 1.87. The Hall–Kier alpha value is -2.50. The quantitative estimate of drug-likeness (QED) is 0.876. The summed E-state index contributed by atoms with van der Waals surface area (Å²) in [4.78, 5) is 22.5. The number of nitrogens with one attached hydrogen (secondary N) is 1. The van der Waals surface area contributed by atoms with Gasteiger partial charge in [0.05, 0.1) is 17.8 Å². The van der Waals surface area contributed by atoms with E-state index in [0.29, 0.717) is 31.9 Å². The Kier molecular flexibility index (Phi) is 2.85. The number of fused-ring (bicyclic) bond motifs is 2. The fourth-order valence-electron chi connectivity index (χ4n) is 3.43. The molecule has 5 nitrogen and oxygen atoms in total. The maximum Gasteiger partial charge on any atom is 0.235 e. The second kappa shape index (κ2) is 4.76. The topological polar surface area (TPSA) is 58.1 Å². The van der Waals surface area contributed by atoms with E-state index in [1.54, 1.807) is 0 Å². The van der Waals surface area contributed by atoms with E-state index < -0.39 is 11.2 Å². The molecule has 0 aliphatic carbocycles. The lowest BCUT2D eigenvalue weighted by Gasteiger charge is -2.37. The van der Waals surface area contributed by atoms with Crippen LogP contribution in [0.4, 0.5) is 16.0 Å². The van der Waals surface area contributed by atoms with Crippen molar-refractivity contribution in [3.05, 3.63) is 48.0 Å². The van der Waals surface area contributed by atoms with Gasteiger partial charge in [0.2, 0.25) is 11.9 Å². The van der Waals surface area contributed by atoms with Gasteiger partial charge in [-0.15, -0.1) is 0 Å². The molecule has 6 heteroatoms. The van der Waals surface area contributed by atoms with Crippen molar-refractivity contribution in [1.29, 1.82) is 0 Å². The number of anilines is 2. The molecule has 1 saturated heterocycles. The lowest BCUT2D eigenvalue weighted by atomic mass is 9.74. The highest BCUT2D eigenvalue weighted by molar-refractivity contribution is 6.06. The summed E-state index contributed by atoms with van der Waals surface area (Å²) in [6, 6.07) is 7.87. The van der Waals surface area contributed by atoms with Crippen LogP contribution in [0.3, 0.4) is 0 Å². The lowest BCUT2D eigenvalue weighted by molar-refractivity contribution is -0.121. The third-order valence-electron chi connectivity index (χ3n) is 4.63.